The van der Waals surface area contributed by atoms with Gasteiger partial charge in [0, 0.05) is 19.3 Å². The molecule has 0 aromatic carbocycles. The fourth-order valence-electron chi connectivity index (χ4n) is 0.864. The van der Waals surface area contributed by atoms with Crippen LogP contribution in [-0.2, 0) is 0 Å². The minimum absolute atomic E-state index is 0.731. The first-order valence-electron chi connectivity index (χ1n) is 4.17. The Bertz CT molecular complexity index is 346. The van der Waals surface area contributed by atoms with E-state index in [0.29, 0.717) is 0 Å². The molecule has 0 unspecified atom stereocenters. The quantitative estimate of drug-likeness (QED) is 0.308. The smallest absolute Gasteiger partial charge is 0.0494 e. The van der Waals surface area contributed by atoms with Gasteiger partial charge in [0.25, 0.3) is 0 Å². The molecule has 3 heteroatoms. The summed E-state index contributed by atoms with van der Waals surface area (Å²) in [5.41, 5.74) is 3.02. The second-order valence-electron chi connectivity index (χ2n) is 2.62. The predicted molar refractivity (Wildman–Crippen MR) is 74.9 cm³/mol. The molecule has 1 aliphatic carbocycles. The van der Waals surface area contributed by atoms with Crippen LogP contribution in [0.1, 0.15) is 6.42 Å². The molecule has 0 fully saturated rings. The van der Waals surface area contributed by atoms with Crippen LogP contribution in [0.3, 0.4) is 0 Å². The van der Waals surface area contributed by atoms with Crippen LogP contribution in [0, 0.1) is 0 Å². The summed E-state index contributed by atoms with van der Waals surface area (Å²) in [6.07, 6.45) is 8.65. The van der Waals surface area contributed by atoms with Crippen molar-refractivity contribution >= 4 is 46.0 Å². The molecule has 0 saturated heterocycles. The zero-order valence-corrected chi connectivity index (χ0v) is 11.3. The number of rotatable bonds is 4. The minimum atomic E-state index is 0.731. The Morgan fingerprint density at radius 3 is 3.07 bits per heavy atom. The first-order valence-corrected chi connectivity index (χ1v) is 6.61. The zero-order chi connectivity index (χ0) is 10.4. The molecule has 0 atom stereocenters. The highest BCUT2D eigenvalue weighted by molar-refractivity contribution is 14.1. The van der Waals surface area contributed by atoms with E-state index in [1.54, 1.807) is 17.8 Å². The summed E-state index contributed by atoms with van der Waals surface area (Å²) in [7, 11) is 0. The SMILES string of the molecule is C=CCCSC1=C(I)C=C=CC(Cl)=C1. The molecule has 0 spiro atoms. The summed E-state index contributed by atoms with van der Waals surface area (Å²) in [6, 6.07) is 0. The van der Waals surface area contributed by atoms with Crippen LogP contribution in [0.5, 0.6) is 0 Å². The lowest BCUT2D eigenvalue weighted by Crippen LogP contribution is -1.79. The second kappa shape index (κ2) is 6.57. The van der Waals surface area contributed by atoms with Gasteiger partial charge in [0.05, 0.1) is 0 Å². The first kappa shape index (κ1) is 12.2. The van der Waals surface area contributed by atoms with Crippen molar-refractivity contribution in [1.29, 1.82) is 0 Å². The molecule has 0 amide bonds. The van der Waals surface area contributed by atoms with Crippen molar-refractivity contribution in [2.24, 2.45) is 0 Å². The summed E-state index contributed by atoms with van der Waals surface area (Å²) >= 11 is 10.0. The average Bonchev–Trinajstić information content (AvgIpc) is 2.30. The van der Waals surface area contributed by atoms with Crippen LogP contribution in [-0.4, -0.2) is 5.75 Å². The molecule has 0 N–H and O–H groups in total. The zero-order valence-electron chi connectivity index (χ0n) is 7.59. The Hall–Kier alpha value is 0.110. The highest BCUT2D eigenvalue weighted by Crippen LogP contribution is 2.30. The maximum atomic E-state index is 5.95. The van der Waals surface area contributed by atoms with Crippen LogP contribution in [0.2, 0.25) is 0 Å². The molecule has 0 aliphatic heterocycles. The third kappa shape index (κ3) is 4.09. The highest BCUT2D eigenvalue weighted by atomic mass is 127. The first-order chi connectivity index (χ1) is 6.74. The second-order valence-corrected chi connectivity index (χ2v) is 5.36. The monoisotopic (exact) mass is 336 g/mol. The Labute approximate surface area is 108 Å². The molecular formula is C11H10ClIS. The lowest BCUT2D eigenvalue weighted by molar-refractivity contribution is 1.26. The number of halogens is 2. The number of hydrogen-bond donors (Lipinski definition) is 0. The Morgan fingerprint density at radius 1 is 1.57 bits per heavy atom. The topological polar surface area (TPSA) is 0 Å². The van der Waals surface area contributed by atoms with Gasteiger partial charge in [0.2, 0.25) is 0 Å². The molecule has 0 aromatic rings. The van der Waals surface area contributed by atoms with Crippen molar-refractivity contribution in [2.75, 3.05) is 5.75 Å². The van der Waals surface area contributed by atoms with Gasteiger partial charge in [-0.05, 0) is 47.2 Å². The Kier molecular flexibility index (Phi) is 5.71. The van der Waals surface area contributed by atoms with Gasteiger partial charge in [-0.3, -0.25) is 0 Å². The molecule has 0 heterocycles. The molecule has 0 aromatic heterocycles. The van der Waals surface area contributed by atoms with Crippen molar-refractivity contribution in [3.05, 3.63) is 50.1 Å². The molecule has 14 heavy (non-hydrogen) atoms. The van der Waals surface area contributed by atoms with E-state index in [9.17, 15) is 0 Å². The highest BCUT2D eigenvalue weighted by Gasteiger charge is 2.02. The van der Waals surface area contributed by atoms with Crippen molar-refractivity contribution in [1.82, 2.24) is 0 Å². The number of hydrogen-bond acceptors (Lipinski definition) is 1. The van der Waals surface area contributed by atoms with Crippen LogP contribution in [0.25, 0.3) is 0 Å². The lowest BCUT2D eigenvalue weighted by atomic mass is 10.4. The minimum Gasteiger partial charge on any atom is -0.125 e. The predicted octanol–water partition coefficient (Wildman–Crippen LogP) is 4.79. The summed E-state index contributed by atoms with van der Waals surface area (Å²) in [5.74, 6) is 1.04. The molecule has 0 nitrogen and oxygen atoms in total. The molecule has 0 bridgehead atoms. The molecule has 1 rings (SSSR count). The fraction of sp³-hybridized carbons (Fsp3) is 0.182. The van der Waals surface area contributed by atoms with E-state index in [2.05, 4.69) is 34.9 Å². The third-order valence-electron chi connectivity index (χ3n) is 1.52. The average molecular weight is 337 g/mol. The van der Waals surface area contributed by atoms with Crippen molar-refractivity contribution < 1.29 is 0 Å². The molecule has 0 saturated carbocycles. The normalized spacial score (nSPS) is 15.4. The van der Waals surface area contributed by atoms with E-state index in [1.165, 1.54) is 8.48 Å². The van der Waals surface area contributed by atoms with E-state index in [1.807, 2.05) is 18.2 Å². The Balaban J connectivity index is 2.71. The van der Waals surface area contributed by atoms with Gasteiger partial charge >= 0.3 is 0 Å². The third-order valence-corrected chi connectivity index (χ3v) is 4.08. The summed E-state index contributed by atoms with van der Waals surface area (Å²) < 4.78 is 1.18. The Morgan fingerprint density at radius 2 is 2.36 bits per heavy atom. The van der Waals surface area contributed by atoms with E-state index < -0.39 is 0 Å². The van der Waals surface area contributed by atoms with Crippen molar-refractivity contribution in [3.63, 3.8) is 0 Å². The maximum absolute atomic E-state index is 5.95. The van der Waals surface area contributed by atoms with Gasteiger partial charge < -0.3 is 0 Å². The van der Waals surface area contributed by atoms with Crippen LogP contribution in [0.4, 0.5) is 0 Å². The van der Waals surface area contributed by atoms with E-state index in [0.717, 1.165) is 17.2 Å². The van der Waals surface area contributed by atoms with Gasteiger partial charge in [-0.15, -0.1) is 24.1 Å². The van der Waals surface area contributed by atoms with Crippen LogP contribution in [0.15, 0.2) is 50.1 Å². The number of allylic oxidation sites excluding steroid dienone is 5. The van der Waals surface area contributed by atoms with E-state index >= 15 is 0 Å². The molecule has 74 valence electrons. The molecule has 0 radical (unpaired) electrons. The summed E-state index contributed by atoms with van der Waals surface area (Å²) in [4.78, 5) is 1.21. The fourth-order valence-corrected chi connectivity index (χ4v) is 2.82. The van der Waals surface area contributed by atoms with Gasteiger partial charge in [-0.2, -0.15) is 0 Å². The lowest BCUT2D eigenvalue weighted by Gasteiger charge is -2.01. The van der Waals surface area contributed by atoms with Gasteiger partial charge in [-0.25, -0.2) is 0 Å². The summed E-state index contributed by atoms with van der Waals surface area (Å²) in [6.45, 7) is 3.70. The van der Waals surface area contributed by atoms with Gasteiger partial charge in [0.1, 0.15) is 0 Å². The van der Waals surface area contributed by atoms with Crippen molar-refractivity contribution in [3.8, 4) is 0 Å². The molecule has 1 aliphatic rings. The van der Waals surface area contributed by atoms with Gasteiger partial charge in [0.15, 0.2) is 0 Å². The van der Waals surface area contributed by atoms with Crippen LogP contribution < -0.4 is 0 Å². The van der Waals surface area contributed by atoms with Gasteiger partial charge in [-0.1, -0.05) is 17.7 Å². The largest absolute Gasteiger partial charge is 0.125 e. The molecular weight excluding hydrogens is 327 g/mol. The summed E-state index contributed by atoms with van der Waals surface area (Å²) in [5, 5.41) is 0.731. The number of thioether (sulfide) groups is 1. The van der Waals surface area contributed by atoms with Crippen LogP contribution >= 0.6 is 46.0 Å². The standard InChI is InChI=1S/C11H10ClIS/c1-2-3-7-14-11-8-9(12)5-4-6-10(11)13/h2,5-6,8H,1,3,7H2. The van der Waals surface area contributed by atoms with Crippen molar-refractivity contribution in [2.45, 2.75) is 6.42 Å². The van der Waals surface area contributed by atoms with E-state index in [-0.39, 0.29) is 0 Å². The maximum Gasteiger partial charge on any atom is 0.0494 e. The van der Waals surface area contributed by atoms with E-state index in [4.69, 9.17) is 11.6 Å².